The number of fused-ring (bicyclic) bond motifs is 2. The molecule has 1 fully saturated rings. The second-order valence-electron chi connectivity index (χ2n) is 8.88. The molecule has 1 aliphatic carbocycles. The number of nitrogens with zero attached hydrogens (tertiary/aromatic N) is 5. The zero-order valence-electron chi connectivity index (χ0n) is 18.5. The van der Waals surface area contributed by atoms with Crippen molar-refractivity contribution in [3.8, 4) is 11.1 Å². The van der Waals surface area contributed by atoms with Crippen molar-refractivity contribution in [2.45, 2.75) is 58.2 Å². The number of carbonyl (C=O) groups is 1. The number of amides is 1. The van der Waals surface area contributed by atoms with E-state index in [9.17, 15) is 13.6 Å². The largest absolute Gasteiger partial charge is 0.351 e. The monoisotopic (exact) mass is 454 g/mol. The van der Waals surface area contributed by atoms with Gasteiger partial charge in [0.1, 0.15) is 11.5 Å². The van der Waals surface area contributed by atoms with E-state index in [-0.39, 0.29) is 17.5 Å². The molecule has 0 aliphatic heterocycles. The number of aromatic amines is 1. The van der Waals surface area contributed by atoms with Crippen molar-refractivity contribution in [1.82, 2.24) is 34.8 Å². The van der Waals surface area contributed by atoms with Crippen LogP contribution in [0.15, 0.2) is 24.7 Å². The molecule has 5 rings (SSSR count). The standard InChI is InChI=1S/C22H24F2N8O/c1-11-28-20-17(32(11)10-18(23)24)4-13(7-25-20)15-8-26-19-16(15)9-27-21(30-19)29-14-5-22(3,6-14)31-12(2)33/h4,7-9,14,18H,5-6,10H2,1-3H3,(H,31,33)(H2,26,27,29,30)/t14-,22-. The first-order valence-corrected chi connectivity index (χ1v) is 10.7. The van der Waals surface area contributed by atoms with Gasteiger partial charge in [0.25, 0.3) is 6.43 Å². The summed E-state index contributed by atoms with van der Waals surface area (Å²) in [6.45, 7) is 4.81. The Hall–Kier alpha value is -3.63. The summed E-state index contributed by atoms with van der Waals surface area (Å²) in [6, 6.07) is 2.00. The maximum absolute atomic E-state index is 13.0. The summed E-state index contributed by atoms with van der Waals surface area (Å²) in [5, 5.41) is 7.08. The number of carbonyl (C=O) groups excluding carboxylic acids is 1. The minimum atomic E-state index is -2.48. The molecule has 1 aliphatic rings. The van der Waals surface area contributed by atoms with Crippen LogP contribution in [0.5, 0.6) is 0 Å². The molecule has 0 saturated heterocycles. The molecule has 0 aromatic carbocycles. The van der Waals surface area contributed by atoms with Gasteiger partial charge in [0, 0.05) is 53.6 Å². The fraction of sp³-hybridized carbons (Fsp3) is 0.409. The van der Waals surface area contributed by atoms with Crippen LogP contribution in [0.3, 0.4) is 0 Å². The lowest BCUT2D eigenvalue weighted by Crippen LogP contribution is -2.59. The van der Waals surface area contributed by atoms with Crippen LogP contribution < -0.4 is 10.6 Å². The maximum Gasteiger partial charge on any atom is 0.256 e. The molecule has 9 nitrogen and oxygen atoms in total. The molecular formula is C22H24F2N8O. The van der Waals surface area contributed by atoms with Gasteiger partial charge in [-0.2, -0.15) is 4.98 Å². The normalized spacial score (nSPS) is 20.4. The van der Waals surface area contributed by atoms with Gasteiger partial charge in [0.15, 0.2) is 5.65 Å². The van der Waals surface area contributed by atoms with E-state index < -0.39 is 13.0 Å². The van der Waals surface area contributed by atoms with Crippen LogP contribution in [0.1, 0.15) is 32.5 Å². The van der Waals surface area contributed by atoms with Crippen LogP contribution in [0, 0.1) is 6.92 Å². The van der Waals surface area contributed by atoms with Crippen molar-refractivity contribution in [2.24, 2.45) is 0 Å². The Morgan fingerprint density at radius 1 is 1.30 bits per heavy atom. The third-order valence-corrected chi connectivity index (χ3v) is 6.06. The van der Waals surface area contributed by atoms with Crippen LogP contribution in [0.2, 0.25) is 0 Å². The molecule has 4 heterocycles. The molecule has 0 radical (unpaired) electrons. The van der Waals surface area contributed by atoms with Gasteiger partial charge in [-0.3, -0.25) is 4.79 Å². The average molecular weight is 454 g/mol. The summed E-state index contributed by atoms with van der Waals surface area (Å²) < 4.78 is 27.5. The number of rotatable bonds is 6. The van der Waals surface area contributed by atoms with E-state index in [0.717, 1.165) is 29.4 Å². The number of halogens is 2. The van der Waals surface area contributed by atoms with Gasteiger partial charge in [-0.25, -0.2) is 23.7 Å². The lowest BCUT2D eigenvalue weighted by atomic mass is 9.74. The van der Waals surface area contributed by atoms with Crippen LogP contribution in [0.25, 0.3) is 33.3 Å². The van der Waals surface area contributed by atoms with Crippen molar-refractivity contribution in [1.29, 1.82) is 0 Å². The molecule has 4 aromatic heterocycles. The highest BCUT2D eigenvalue weighted by molar-refractivity contribution is 5.95. The molecule has 1 saturated carbocycles. The lowest BCUT2D eigenvalue weighted by molar-refractivity contribution is -0.121. The Morgan fingerprint density at radius 2 is 2.09 bits per heavy atom. The quantitative estimate of drug-likeness (QED) is 0.412. The zero-order chi connectivity index (χ0) is 23.3. The maximum atomic E-state index is 13.0. The Labute approximate surface area is 188 Å². The molecule has 3 N–H and O–H groups in total. The van der Waals surface area contributed by atoms with E-state index in [1.165, 1.54) is 11.5 Å². The summed E-state index contributed by atoms with van der Waals surface area (Å²) in [4.78, 5) is 32.2. The third-order valence-electron chi connectivity index (χ3n) is 6.06. The summed E-state index contributed by atoms with van der Waals surface area (Å²) in [6.07, 6.45) is 4.32. The number of hydrogen-bond donors (Lipinski definition) is 3. The van der Waals surface area contributed by atoms with Crippen molar-refractivity contribution in [2.75, 3.05) is 5.32 Å². The Balaban J connectivity index is 1.39. The van der Waals surface area contributed by atoms with Crippen molar-refractivity contribution in [3.63, 3.8) is 0 Å². The number of imidazole rings is 1. The Kier molecular flexibility index (Phi) is 4.98. The molecule has 33 heavy (non-hydrogen) atoms. The number of aromatic nitrogens is 6. The average Bonchev–Trinajstić information content (AvgIpc) is 3.26. The molecule has 4 aromatic rings. The predicted octanol–water partition coefficient (Wildman–Crippen LogP) is 3.41. The summed E-state index contributed by atoms with van der Waals surface area (Å²) in [5.74, 6) is 0.969. The minimum Gasteiger partial charge on any atom is -0.351 e. The van der Waals surface area contributed by atoms with E-state index in [4.69, 9.17) is 0 Å². The fourth-order valence-corrected chi connectivity index (χ4v) is 4.69. The van der Waals surface area contributed by atoms with Crippen molar-refractivity contribution >= 4 is 34.1 Å². The highest BCUT2D eigenvalue weighted by Gasteiger charge is 2.41. The zero-order valence-corrected chi connectivity index (χ0v) is 18.5. The van der Waals surface area contributed by atoms with Crippen molar-refractivity contribution in [3.05, 3.63) is 30.5 Å². The third kappa shape index (κ3) is 3.98. The number of aryl methyl sites for hydroxylation is 1. The number of pyridine rings is 1. The molecule has 0 unspecified atom stereocenters. The highest BCUT2D eigenvalue weighted by Crippen LogP contribution is 2.34. The molecular weight excluding hydrogens is 430 g/mol. The Morgan fingerprint density at radius 3 is 2.82 bits per heavy atom. The van der Waals surface area contributed by atoms with E-state index in [2.05, 4.69) is 35.6 Å². The summed E-state index contributed by atoms with van der Waals surface area (Å²) >= 11 is 0. The topological polar surface area (TPSA) is 113 Å². The SMILES string of the molecule is CC(=O)N[C@]1(C)C[C@@H](Nc2ncc3c(-c4cnc5nc(C)n(CC(F)F)c5c4)c[nH]c3n2)C1. The van der Waals surface area contributed by atoms with Gasteiger partial charge in [-0.15, -0.1) is 0 Å². The first-order chi connectivity index (χ1) is 15.7. The smallest absolute Gasteiger partial charge is 0.256 e. The Bertz CT molecular complexity index is 1360. The van der Waals surface area contributed by atoms with Crippen LogP contribution >= 0.6 is 0 Å². The minimum absolute atomic E-state index is 0.0346. The number of H-pyrrole nitrogens is 1. The van der Waals surface area contributed by atoms with Gasteiger partial charge < -0.3 is 20.2 Å². The molecule has 1 amide bonds. The predicted molar refractivity (Wildman–Crippen MR) is 120 cm³/mol. The van der Waals surface area contributed by atoms with Gasteiger partial charge in [0.05, 0.1) is 12.1 Å². The van der Waals surface area contributed by atoms with Crippen LogP contribution in [-0.4, -0.2) is 53.4 Å². The number of alkyl halides is 2. The lowest BCUT2D eigenvalue weighted by Gasteiger charge is -2.45. The molecule has 11 heteroatoms. The van der Waals surface area contributed by atoms with Crippen molar-refractivity contribution < 1.29 is 13.6 Å². The van der Waals surface area contributed by atoms with E-state index in [1.807, 2.05) is 19.2 Å². The molecule has 0 atom stereocenters. The summed E-state index contributed by atoms with van der Waals surface area (Å²) in [7, 11) is 0. The van der Waals surface area contributed by atoms with E-state index in [1.54, 1.807) is 19.3 Å². The van der Waals surface area contributed by atoms with E-state index in [0.29, 0.717) is 28.6 Å². The number of nitrogens with one attached hydrogen (secondary N) is 3. The van der Waals surface area contributed by atoms with Crippen LogP contribution in [0.4, 0.5) is 14.7 Å². The second-order valence-corrected chi connectivity index (χ2v) is 8.88. The van der Waals surface area contributed by atoms with Crippen LogP contribution in [-0.2, 0) is 11.3 Å². The second kappa shape index (κ2) is 7.75. The van der Waals surface area contributed by atoms with Gasteiger partial charge in [-0.05, 0) is 32.8 Å². The van der Waals surface area contributed by atoms with E-state index >= 15 is 0 Å². The highest BCUT2D eigenvalue weighted by atomic mass is 19.3. The van der Waals surface area contributed by atoms with Gasteiger partial charge >= 0.3 is 0 Å². The summed E-state index contributed by atoms with van der Waals surface area (Å²) in [5.41, 5.74) is 3.04. The first-order valence-electron chi connectivity index (χ1n) is 10.7. The molecule has 0 bridgehead atoms. The first kappa shape index (κ1) is 21.2. The fourth-order valence-electron chi connectivity index (χ4n) is 4.69. The van der Waals surface area contributed by atoms with Gasteiger partial charge in [-0.1, -0.05) is 0 Å². The van der Waals surface area contributed by atoms with Gasteiger partial charge in [0.2, 0.25) is 11.9 Å². The number of anilines is 1. The molecule has 172 valence electrons. The number of hydrogen-bond acceptors (Lipinski definition) is 6. The molecule has 0 spiro atoms.